The molecule has 0 unspecified atom stereocenters. The first-order chi connectivity index (χ1) is 8.22. The number of amides is 2. The molecule has 5 heteroatoms. The van der Waals surface area contributed by atoms with Crippen molar-refractivity contribution in [2.45, 2.75) is 12.8 Å². The summed E-state index contributed by atoms with van der Waals surface area (Å²) in [5.74, 6) is 0.569. The maximum atomic E-state index is 11.3. The van der Waals surface area contributed by atoms with Crippen LogP contribution < -0.4 is 10.6 Å². The highest BCUT2D eigenvalue weighted by Gasteiger charge is 1.98. The quantitative estimate of drug-likeness (QED) is 0.614. The predicted molar refractivity (Wildman–Crippen MR) is 74.6 cm³/mol. The Balaban J connectivity index is 2.14. The molecular weight excluding hydrogens is 304 g/mol. The van der Waals surface area contributed by atoms with Gasteiger partial charge in [-0.1, -0.05) is 28.1 Å². The minimum Gasteiger partial charge on any atom is -0.338 e. The van der Waals surface area contributed by atoms with Crippen LogP contribution in [0.25, 0.3) is 0 Å². The van der Waals surface area contributed by atoms with E-state index in [2.05, 4.69) is 26.6 Å². The van der Waals surface area contributed by atoms with Crippen molar-refractivity contribution in [1.82, 2.24) is 10.6 Å². The van der Waals surface area contributed by atoms with E-state index >= 15 is 0 Å². The molecule has 0 saturated carbocycles. The van der Waals surface area contributed by atoms with Gasteiger partial charge < -0.3 is 10.6 Å². The number of rotatable bonds is 6. The van der Waals surface area contributed by atoms with E-state index in [1.165, 1.54) is 5.56 Å². The lowest BCUT2D eigenvalue weighted by atomic mass is 10.1. The topological polar surface area (TPSA) is 41.1 Å². The van der Waals surface area contributed by atoms with E-state index in [1.54, 1.807) is 0 Å². The second-order valence-corrected chi connectivity index (χ2v) is 4.90. The minimum absolute atomic E-state index is 0.132. The summed E-state index contributed by atoms with van der Waals surface area (Å²) in [4.78, 5) is 11.3. The fourth-order valence-corrected chi connectivity index (χ4v) is 1.70. The Morgan fingerprint density at radius 3 is 2.47 bits per heavy atom. The van der Waals surface area contributed by atoms with Crippen LogP contribution >= 0.6 is 27.5 Å². The van der Waals surface area contributed by atoms with Gasteiger partial charge in [0.1, 0.15) is 0 Å². The Kier molecular flexibility index (Phi) is 7.05. The van der Waals surface area contributed by atoms with Crippen LogP contribution in [0, 0.1) is 0 Å². The molecular formula is C12H16BrClN2O. The highest BCUT2D eigenvalue weighted by atomic mass is 79.9. The van der Waals surface area contributed by atoms with Gasteiger partial charge >= 0.3 is 6.03 Å². The van der Waals surface area contributed by atoms with Crippen LogP contribution in [0.15, 0.2) is 28.7 Å². The van der Waals surface area contributed by atoms with E-state index in [0.29, 0.717) is 19.0 Å². The van der Waals surface area contributed by atoms with Gasteiger partial charge in [-0.25, -0.2) is 4.79 Å². The molecule has 2 amide bonds. The summed E-state index contributed by atoms with van der Waals surface area (Å²) in [5, 5.41) is 5.54. The van der Waals surface area contributed by atoms with E-state index in [4.69, 9.17) is 11.6 Å². The number of carbonyl (C=O) groups excluding carboxylic acids is 1. The molecule has 17 heavy (non-hydrogen) atoms. The van der Waals surface area contributed by atoms with E-state index < -0.39 is 0 Å². The van der Waals surface area contributed by atoms with Gasteiger partial charge in [0.25, 0.3) is 0 Å². The van der Waals surface area contributed by atoms with Crippen molar-refractivity contribution in [3.63, 3.8) is 0 Å². The average Bonchev–Trinajstić information content (AvgIpc) is 2.32. The highest BCUT2D eigenvalue weighted by Crippen LogP contribution is 2.10. The first-order valence-corrected chi connectivity index (χ1v) is 6.87. The van der Waals surface area contributed by atoms with Crippen LogP contribution in [0.2, 0.25) is 0 Å². The first kappa shape index (κ1) is 14.3. The Labute approximate surface area is 115 Å². The normalized spacial score (nSPS) is 10.0. The van der Waals surface area contributed by atoms with Gasteiger partial charge in [-0.05, 0) is 30.5 Å². The molecule has 3 nitrogen and oxygen atoms in total. The third kappa shape index (κ3) is 6.54. The molecule has 2 N–H and O–H groups in total. The van der Waals surface area contributed by atoms with Gasteiger partial charge in [0, 0.05) is 23.4 Å². The van der Waals surface area contributed by atoms with Gasteiger partial charge in [-0.2, -0.15) is 0 Å². The van der Waals surface area contributed by atoms with Gasteiger partial charge in [0.15, 0.2) is 0 Å². The van der Waals surface area contributed by atoms with Crippen molar-refractivity contribution in [1.29, 1.82) is 0 Å². The van der Waals surface area contributed by atoms with Crippen LogP contribution in [0.3, 0.4) is 0 Å². The fourth-order valence-electron chi connectivity index (χ4n) is 1.30. The lowest BCUT2D eigenvalue weighted by molar-refractivity contribution is 0.241. The summed E-state index contributed by atoms with van der Waals surface area (Å²) < 4.78 is 1.06. The number of halogens is 2. The molecule has 0 aliphatic carbocycles. The van der Waals surface area contributed by atoms with Crippen LogP contribution in [-0.2, 0) is 6.42 Å². The summed E-state index contributed by atoms with van der Waals surface area (Å²) >= 11 is 8.89. The number of nitrogens with one attached hydrogen (secondary N) is 2. The van der Waals surface area contributed by atoms with Crippen LogP contribution in [-0.4, -0.2) is 25.0 Å². The van der Waals surface area contributed by atoms with Gasteiger partial charge in [-0.3, -0.25) is 0 Å². The van der Waals surface area contributed by atoms with E-state index in [0.717, 1.165) is 17.3 Å². The highest BCUT2D eigenvalue weighted by molar-refractivity contribution is 9.10. The molecule has 0 bridgehead atoms. The molecule has 94 valence electrons. The number of hydrogen-bond donors (Lipinski definition) is 2. The van der Waals surface area contributed by atoms with Crippen molar-refractivity contribution < 1.29 is 4.79 Å². The van der Waals surface area contributed by atoms with Crippen molar-refractivity contribution in [2.24, 2.45) is 0 Å². The molecule has 0 radical (unpaired) electrons. The first-order valence-electron chi connectivity index (χ1n) is 5.54. The molecule has 0 spiro atoms. The molecule has 1 aromatic carbocycles. The number of benzene rings is 1. The van der Waals surface area contributed by atoms with Gasteiger partial charge in [0.05, 0.1) is 0 Å². The summed E-state index contributed by atoms with van der Waals surface area (Å²) in [7, 11) is 0. The maximum Gasteiger partial charge on any atom is 0.314 e. The molecule has 0 aromatic heterocycles. The van der Waals surface area contributed by atoms with E-state index in [1.807, 2.05) is 24.3 Å². The minimum atomic E-state index is -0.132. The van der Waals surface area contributed by atoms with E-state index in [-0.39, 0.29) is 6.03 Å². The summed E-state index contributed by atoms with van der Waals surface area (Å²) in [6.45, 7) is 1.25. The molecule has 0 heterocycles. The summed E-state index contributed by atoms with van der Waals surface area (Å²) in [6.07, 6.45) is 1.62. The summed E-state index contributed by atoms with van der Waals surface area (Å²) in [5.41, 5.74) is 1.20. The number of carbonyl (C=O) groups is 1. The van der Waals surface area contributed by atoms with Crippen LogP contribution in [0.1, 0.15) is 12.0 Å². The zero-order valence-electron chi connectivity index (χ0n) is 9.51. The second-order valence-electron chi connectivity index (χ2n) is 3.60. The van der Waals surface area contributed by atoms with Crippen molar-refractivity contribution >= 4 is 33.6 Å². The molecule has 0 atom stereocenters. The molecule has 1 rings (SSSR count). The summed E-state index contributed by atoms with van der Waals surface area (Å²) in [6, 6.07) is 7.94. The lowest BCUT2D eigenvalue weighted by Crippen LogP contribution is -2.37. The predicted octanol–water partition coefficient (Wildman–Crippen LogP) is 2.92. The zero-order chi connectivity index (χ0) is 12.5. The third-order valence-electron chi connectivity index (χ3n) is 2.21. The fraction of sp³-hybridized carbons (Fsp3) is 0.417. The SMILES string of the molecule is O=C(NCCCCl)NCCc1ccc(Br)cc1. The van der Waals surface area contributed by atoms with Crippen molar-refractivity contribution in [2.75, 3.05) is 19.0 Å². The number of alkyl halides is 1. The second kappa shape index (κ2) is 8.37. The van der Waals surface area contributed by atoms with Crippen LogP contribution in [0.4, 0.5) is 4.79 Å². The smallest absolute Gasteiger partial charge is 0.314 e. The molecule has 0 aliphatic rings. The van der Waals surface area contributed by atoms with Gasteiger partial charge in [-0.15, -0.1) is 11.6 Å². The maximum absolute atomic E-state index is 11.3. The molecule has 0 saturated heterocycles. The Morgan fingerprint density at radius 1 is 1.18 bits per heavy atom. The standard InChI is InChI=1S/C12H16BrClN2O/c13-11-4-2-10(3-5-11)6-9-16-12(17)15-8-1-7-14/h2-5H,1,6-9H2,(H2,15,16,17). The Morgan fingerprint density at radius 2 is 1.82 bits per heavy atom. The molecule has 0 aliphatic heterocycles. The lowest BCUT2D eigenvalue weighted by Gasteiger charge is -2.06. The zero-order valence-corrected chi connectivity index (χ0v) is 11.9. The third-order valence-corrected chi connectivity index (χ3v) is 3.00. The largest absolute Gasteiger partial charge is 0.338 e. The van der Waals surface area contributed by atoms with Crippen molar-refractivity contribution in [3.05, 3.63) is 34.3 Å². The molecule has 0 fully saturated rings. The number of hydrogen-bond acceptors (Lipinski definition) is 1. The van der Waals surface area contributed by atoms with Crippen molar-refractivity contribution in [3.8, 4) is 0 Å². The Bertz CT molecular complexity index is 343. The van der Waals surface area contributed by atoms with E-state index in [9.17, 15) is 4.79 Å². The van der Waals surface area contributed by atoms with Gasteiger partial charge in [0.2, 0.25) is 0 Å². The molecule has 1 aromatic rings. The monoisotopic (exact) mass is 318 g/mol. The average molecular weight is 320 g/mol. The number of urea groups is 1. The Hall–Kier alpha value is -0.740. The van der Waals surface area contributed by atoms with Crippen LogP contribution in [0.5, 0.6) is 0 Å².